The van der Waals surface area contributed by atoms with Gasteiger partial charge in [-0.1, -0.05) is 48.0 Å². The maximum atomic E-state index is 14.5. The normalized spacial score (nSPS) is 22.6. The lowest BCUT2D eigenvalue weighted by atomic mass is 9.64. The molecule has 2 heterocycles. The molecule has 7 heteroatoms. The summed E-state index contributed by atoms with van der Waals surface area (Å²) in [6.07, 6.45) is 3.75. The van der Waals surface area contributed by atoms with Crippen molar-refractivity contribution in [1.82, 2.24) is 0 Å². The zero-order chi connectivity index (χ0) is 26.1. The van der Waals surface area contributed by atoms with Crippen LogP contribution in [-0.2, 0) is 4.79 Å². The summed E-state index contributed by atoms with van der Waals surface area (Å²) in [6.45, 7) is 1.51. The number of fused-ring (bicyclic) bond motifs is 5. The van der Waals surface area contributed by atoms with Gasteiger partial charge in [-0.05, 0) is 48.9 Å². The van der Waals surface area contributed by atoms with Crippen molar-refractivity contribution >= 4 is 40.7 Å². The summed E-state index contributed by atoms with van der Waals surface area (Å²) in [5.41, 5.74) is 1.32. The van der Waals surface area contributed by atoms with Crippen LogP contribution in [0.4, 0.5) is 5.69 Å². The minimum absolute atomic E-state index is 0.162. The first-order valence-electron chi connectivity index (χ1n) is 12.0. The number of benzene rings is 3. The first kappa shape index (κ1) is 23.5. The Balaban J connectivity index is 1.71. The van der Waals surface area contributed by atoms with E-state index in [-0.39, 0.29) is 17.3 Å². The number of ether oxygens (including phenoxy) is 2. The Labute approximate surface area is 219 Å². The van der Waals surface area contributed by atoms with Crippen molar-refractivity contribution in [2.75, 3.05) is 19.1 Å². The van der Waals surface area contributed by atoms with E-state index in [4.69, 9.17) is 21.1 Å². The molecule has 0 unspecified atom stereocenters. The number of anilines is 1. The molecule has 1 spiro atoms. The average molecular weight is 514 g/mol. The van der Waals surface area contributed by atoms with Crippen LogP contribution in [0.2, 0.25) is 5.02 Å². The summed E-state index contributed by atoms with van der Waals surface area (Å²) in [7, 11) is 3.08. The molecule has 0 N–H and O–H groups in total. The number of carbonyl (C=O) groups excluding carboxylic acids is 3. The van der Waals surface area contributed by atoms with E-state index in [1.807, 2.05) is 29.2 Å². The molecule has 0 amide bonds. The Kier molecular flexibility index (Phi) is 5.28. The maximum Gasteiger partial charge on any atom is 0.180 e. The first-order chi connectivity index (χ1) is 17.8. The predicted molar refractivity (Wildman–Crippen MR) is 141 cm³/mol. The lowest BCUT2D eigenvalue weighted by Gasteiger charge is -2.37. The van der Waals surface area contributed by atoms with Crippen LogP contribution in [0.25, 0.3) is 6.08 Å². The van der Waals surface area contributed by atoms with Crippen LogP contribution >= 0.6 is 11.6 Å². The maximum absolute atomic E-state index is 14.5. The van der Waals surface area contributed by atoms with E-state index < -0.39 is 23.4 Å². The van der Waals surface area contributed by atoms with Gasteiger partial charge >= 0.3 is 0 Å². The number of hydrogen-bond donors (Lipinski definition) is 0. The van der Waals surface area contributed by atoms with Crippen molar-refractivity contribution in [3.05, 3.63) is 94.0 Å². The summed E-state index contributed by atoms with van der Waals surface area (Å²) >= 11 is 6.29. The number of halogens is 1. The third-order valence-electron chi connectivity index (χ3n) is 7.95. The number of Topliss-reactive ketones (excluding diaryl/α,β-unsaturated/α-hetero) is 3. The highest BCUT2D eigenvalue weighted by Crippen LogP contribution is 2.62. The van der Waals surface area contributed by atoms with Gasteiger partial charge in [-0.3, -0.25) is 14.4 Å². The molecule has 3 atom stereocenters. The number of hydrogen-bond acceptors (Lipinski definition) is 6. The van der Waals surface area contributed by atoms with Gasteiger partial charge in [0, 0.05) is 33.3 Å². The second-order valence-corrected chi connectivity index (χ2v) is 10.1. The molecule has 1 saturated heterocycles. The highest BCUT2D eigenvalue weighted by atomic mass is 35.5. The highest BCUT2D eigenvalue weighted by Gasteiger charge is 2.71. The average Bonchev–Trinajstić information content (AvgIpc) is 3.34. The Bertz CT molecular complexity index is 1490. The molecule has 3 aliphatic rings. The summed E-state index contributed by atoms with van der Waals surface area (Å²) in [6, 6.07) is 16.1. The zero-order valence-electron chi connectivity index (χ0n) is 20.5. The Morgan fingerprint density at radius 2 is 1.65 bits per heavy atom. The predicted octanol–water partition coefficient (Wildman–Crippen LogP) is 5.38. The molecule has 2 aliphatic heterocycles. The zero-order valence-corrected chi connectivity index (χ0v) is 21.3. The third kappa shape index (κ3) is 3.02. The molecule has 1 fully saturated rings. The molecule has 0 saturated carbocycles. The Morgan fingerprint density at radius 1 is 0.946 bits per heavy atom. The summed E-state index contributed by atoms with van der Waals surface area (Å²) in [5, 5.41) is 0.557. The van der Waals surface area contributed by atoms with Gasteiger partial charge in [0.2, 0.25) is 0 Å². The molecule has 37 heavy (non-hydrogen) atoms. The molecule has 0 bridgehead atoms. The molecule has 3 aromatic carbocycles. The summed E-state index contributed by atoms with van der Waals surface area (Å²) in [4.78, 5) is 44.4. The summed E-state index contributed by atoms with van der Waals surface area (Å²) in [5.74, 6) is -0.555. The van der Waals surface area contributed by atoms with Crippen molar-refractivity contribution in [2.24, 2.45) is 5.41 Å². The number of ketones is 3. The van der Waals surface area contributed by atoms with Crippen molar-refractivity contribution in [2.45, 2.75) is 24.9 Å². The molecular weight excluding hydrogens is 490 g/mol. The van der Waals surface area contributed by atoms with E-state index in [2.05, 4.69) is 0 Å². The summed E-state index contributed by atoms with van der Waals surface area (Å²) < 4.78 is 11.2. The second kappa shape index (κ2) is 8.32. The molecule has 6 rings (SSSR count). The smallest absolute Gasteiger partial charge is 0.180 e. The minimum atomic E-state index is -1.58. The number of carbonyl (C=O) groups is 3. The van der Waals surface area contributed by atoms with Crippen molar-refractivity contribution in [3.8, 4) is 11.5 Å². The second-order valence-electron chi connectivity index (χ2n) is 9.63. The quantitative estimate of drug-likeness (QED) is 0.436. The van der Waals surface area contributed by atoms with Crippen LogP contribution in [0, 0.1) is 5.41 Å². The monoisotopic (exact) mass is 513 g/mol. The van der Waals surface area contributed by atoms with E-state index in [1.165, 1.54) is 14.0 Å². The van der Waals surface area contributed by atoms with Crippen LogP contribution in [0.3, 0.4) is 0 Å². The number of methoxy groups -OCH3 is 2. The number of rotatable bonds is 4. The van der Waals surface area contributed by atoms with Gasteiger partial charge in [0.25, 0.3) is 0 Å². The first-order valence-corrected chi connectivity index (χ1v) is 12.4. The molecule has 0 aromatic heterocycles. The van der Waals surface area contributed by atoms with Gasteiger partial charge < -0.3 is 14.4 Å². The fraction of sp³-hybridized carbons (Fsp3) is 0.233. The van der Waals surface area contributed by atoms with Crippen LogP contribution in [0.15, 0.2) is 66.7 Å². The van der Waals surface area contributed by atoms with Gasteiger partial charge in [0.15, 0.2) is 17.3 Å². The fourth-order valence-electron chi connectivity index (χ4n) is 6.53. The van der Waals surface area contributed by atoms with Gasteiger partial charge in [-0.2, -0.15) is 0 Å². The highest BCUT2D eigenvalue weighted by molar-refractivity contribution is 6.32. The van der Waals surface area contributed by atoms with E-state index in [0.29, 0.717) is 33.2 Å². The minimum Gasteiger partial charge on any atom is -0.497 e. The lowest BCUT2D eigenvalue weighted by molar-refractivity contribution is -0.118. The van der Waals surface area contributed by atoms with Crippen LogP contribution in [0.5, 0.6) is 11.5 Å². The lowest BCUT2D eigenvalue weighted by Crippen LogP contribution is -2.48. The topological polar surface area (TPSA) is 72.9 Å². The van der Waals surface area contributed by atoms with Crippen molar-refractivity contribution in [3.63, 3.8) is 0 Å². The fourth-order valence-corrected chi connectivity index (χ4v) is 6.71. The molecule has 6 nitrogen and oxygen atoms in total. The van der Waals surface area contributed by atoms with Crippen LogP contribution < -0.4 is 14.4 Å². The molecule has 3 aromatic rings. The van der Waals surface area contributed by atoms with Crippen molar-refractivity contribution < 1.29 is 23.9 Å². The van der Waals surface area contributed by atoms with Gasteiger partial charge in [-0.15, -0.1) is 0 Å². The van der Waals surface area contributed by atoms with Gasteiger partial charge in [-0.25, -0.2) is 0 Å². The third-order valence-corrected chi connectivity index (χ3v) is 8.19. The van der Waals surface area contributed by atoms with E-state index in [9.17, 15) is 14.4 Å². The molecule has 186 valence electrons. The van der Waals surface area contributed by atoms with Gasteiger partial charge in [0.05, 0.1) is 26.3 Å². The Hall–Kier alpha value is -3.90. The standard InChI is InChI=1S/C30H24ClNO5/c1-16(33)27-26(22-15-19(36-2)10-12-24(22)37-3)30(28(34)20-6-4-5-7-21(20)29(30)35)25-13-8-17-14-18(31)9-11-23(17)32(25)27/h4-15,25-27H,1-3H3/t25-,26+,27+/m0/s1. The van der Waals surface area contributed by atoms with Crippen LogP contribution in [0.1, 0.15) is 44.7 Å². The van der Waals surface area contributed by atoms with Crippen LogP contribution in [-0.4, -0.2) is 43.7 Å². The van der Waals surface area contributed by atoms with E-state index >= 15 is 0 Å². The molecule has 1 aliphatic carbocycles. The largest absolute Gasteiger partial charge is 0.497 e. The SMILES string of the molecule is COc1ccc(OC)c([C@@H]2[C@@H](C(C)=O)N3c4ccc(Cl)cc4C=C[C@H]3C23C(=O)c2ccccc2C3=O)c1. The van der Waals surface area contributed by atoms with Gasteiger partial charge in [0.1, 0.15) is 16.9 Å². The molecule has 0 radical (unpaired) electrons. The van der Waals surface area contributed by atoms with E-state index in [1.54, 1.807) is 55.6 Å². The molecular formula is C30H24ClNO5. The Morgan fingerprint density at radius 3 is 2.27 bits per heavy atom. The van der Waals surface area contributed by atoms with E-state index in [0.717, 1.165) is 11.3 Å². The van der Waals surface area contributed by atoms with Crippen molar-refractivity contribution in [1.29, 1.82) is 0 Å². The number of nitrogens with zero attached hydrogens (tertiary/aromatic N) is 1.